The van der Waals surface area contributed by atoms with Crippen LogP contribution in [0.25, 0.3) is 0 Å². The number of carbonyl (C=O) groups excluding carboxylic acids is 8. The summed E-state index contributed by atoms with van der Waals surface area (Å²) in [5, 5.41) is 0. The van der Waals surface area contributed by atoms with Gasteiger partial charge in [0.15, 0.2) is 0 Å². The summed E-state index contributed by atoms with van der Waals surface area (Å²) in [4.78, 5) is 92.0. The first-order valence-electron chi connectivity index (χ1n) is 18.5. The van der Waals surface area contributed by atoms with E-state index in [2.05, 4.69) is 0 Å². The van der Waals surface area contributed by atoms with Crippen LogP contribution in [-0.2, 0) is 60.7 Å². The van der Waals surface area contributed by atoms with E-state index in [0.29, 0.717) is 0 Å². The zero-order valence-corrected chi connectivity index (χ0v) is 40.7. The van der Waals surface area contributed by atoms with Gasteiger partial charge in [-0.1, -0.05) is 166 Å². The minimum Gasteiger partial charge on any atom is -0.299 e. The largest absolute Gasteiger partial charge is 0.299 e. The minimum absolute atomic E-state index is 0. The molecule has 8 nitrogen and oxygen atoms in total. The van der Waals surface area contributed by atoms with Gasteiger partial charge in [-0.2, -0.15) is 0 Å². The summed E-state index contributed by atoms with van der Waals surface area (Å²) < 4.78 is 0. The first-order chi connectivity index (χ1) is 22.2. The molecule has 0 aromatic carbocycles. The molecule has 0 aromatic heterocycles. The third-order valence-electron chi connectivity index (χ3n) is 7.98. The summed E-state index contributed by atoms with van der Waals surface area (Å²) in [6, 6.07) is 0. The van der Waals surface area contributed by atoms with Gasteiger partial charge in [0.1, 0.15) is 46.3 Å². The molecule has 0 unspecified atom stereocenters. The van der Waals surface area contributed by atoms with Crippen LogP contribution in [-0.4, -0.2) is 46.3 Å². The van der Waals surface area contributed by atoms with Gasteiger partial charge >= 0.3 is 0 Å². The van der Waals surface area contributed by atoms with E-state index in [1.807, 2.05) is 166 Å². The molecule has 0 heterocycles. The summed E-state index contributed by atoms with van der Waals surface area (Å²) >= 11 is 0. The van der Waals surface area contributed by atoms with Gasteiger partial charge in [-0.25, -0.2) is 0 Å². The number of carbonyl (C=O) groups is 8. The topological polar surface area (TPSA) is 137 Å². The van der Waals surface area contributed by atoms with Gasteiger partial charge in [0.25, 0.3) is 0 Å². The number of hydrogen-bond donors (Lipinski definition) is 0. The van der Waals surface area contributed by atoms with Crippen molar-refractivity contribution in [3.8, 4) is 0 Å². The molecular formula is C44H80NbO8. The molecule has 0 N–H and O–H groups in total. The second-order valence-electron chi connectivity index (χ2n) is 22.1. The van der Waals surface area contributed by atoms with Crippen LogP contribution in [0.5, 0.6) is 0 Å². The number of ketones is 8. The second-order valence-corrected chi connectivity index (χ2v) is 22.1. The average molecular weight is 830 g/mol. The van der Waals surface area contributed by atoms with Crippen molar-refractivity contribution in [2.24, 2.45) is 43.3 Å². The van der Waals surface area contributed by atoms with Crippen molar-refractivity contribution in [3.05, 3.63) is 0 Å². The van der Waals surface area contributed by atoms with Crippen LogP contribution in [0.3, 0.4) is 0 Å². The molecule has 53 heavy (non-hydrogen) atoms. The zero-order chi connectivity index (χ0) is 43.4. The Balaban J connectivity index is -0.000000192. The van der Waals surface area contributed by atoms with E-state index < -0.39 is 43.3 Å². The predicted octanol–water partition coefficient (Wildman–Crippen LogP) is 10.4. The molecule has 0 rings (SSSR count). The van der Waals surface area contributed by atoms with E-state index in [9.17, 15) is 38.4 Å². The van der Waals surface area contributed by atoms with Crippen LogP contribution in [0.4, 0.5) is 0 Å². The molecule has 0 aromatic rings. The van der Waals surface area contributed by atoms with E-state index in [1.165, 1.54) is 0 Å². The molecular weight excluding hydrogens is 749 g/mol. The van der Waals surface area contributed by atoms with Crippen LogP contribution in [0.1, 0.15) is 192 Å². The average Bonchev–Trinajstić information content (AvgIpc) is 2.85. The molecule has 0 aliphatic carbocycles. The molecule has 0 fully saturated rings. The third-order valence-corrected chi connectivity index (χ3v) is 7.98. The second kappa shape index (κ2) is 22.0. The van der Waals surface area contributed by atoms with Crippen LogP contribution >= 0.6 is 0 Å². The summed E-state index contributed by atoms with van der Waals surface area (Å²) in [7, 11) is 0. The number of hydrogen-bond acceptors (Lipinski definition) is 8. The molecule has 0 aliphatic heterocycles. The van der Waals surface area contributed by atoms with Crippen molar-refractivity contribution in [1.29, 1.82) is 0 Å². The first-order valence-corrected chi connectivity index (χ1v) is 18.5. The van der Waals surface area contributed by atoms with Crippen molar-refractivity contribution in [2.75, 3.05) is 0 Å². The quantitative estimate of drug-likeness (QED) is 0.174. The fraction of sp³-hybridized carbons (Fsp3) is 0.818. The Hall–Kier alpha value is -1.90. The fourth-order valence-corrected chi connectivity index (χ4v) is 2.70. The molecule has 0 saturated heterocycles. The van der Waals surface area contributed by atoms with Gasteiger partial charge in [0.05, 0.1) is 25.7 Å². The molecule has 0 saturated carbocycles. The van der Waals surface area contributed by atoms with Gasteiger partial charge < -0.3 is 0 Å². The summed E-state index contributed by atoms with van der Waals surface area (Å²) in [6.45, 7) is 44.1. The minimum atomic E-state index is -0.402. The van der Waals surface area contributed by atoms with E-state index in [1.54, 1.807) is 0 Å². The van der Waals surface area contributed by atoms with E-state index in [0.717, 1.165) is 0 Å². The molecule has 0 bridgehead atoms. The molecule has 0 amide bonds. The maximum atomic E-state index is 11.5. The van der Waals surface area contributed by atoms with Crippen molar-refractivity contribution < 1.29 is 60.7 Å². The smallest absolute Gasteiger partial charge is 0.145 e. The molecule has 1 radical (unpaired) electrons. The van der Waals surface area contributed by atoms with Crippen molar-refractivity contribution in [3.63, 3.8) is 0 Å². The summed E-state index contributed by atoms with van der Waals surface area (Å²) in [5.41, 5.74) is -3.21. The third kappa shape index (κ3) is 30.1. The van der Waals surface area contributed by atoms with Crippen molar-refractivity contribution >= 4 is 46.3 Å². The Labute approximate surface area is 340 Å². The van der Waals surface area contributed by atoms with Gasteiger partial charge in [0.2, 0.25) is 0 Å². The molecule has 0 aliphatic rings. The van der Waals surface area contributed by atoms with Crippen molar-refractivity contribution in [2.45, 2.75) is 192 Å². The van der Waals surface area contributed by atoms with Gasteiger partial charge in [-0.05, 0) is 0 Å². The van der Waals surface area contributed by atoms with E-state index in [4.69, 9.17) is 0 Å². The van der Waals surface area contributed by atoms with E-state index in [-0.39, 0.29) is 94.3 Å². The Kier molecular flexibility index (Phi) is 25.0. The van der Waals surface area contributed by atoms with Crippen LogP contribution in [0.15, 0.2) is 0 Å². The van der Waals surface area contributed by atoms with Crippen LogP contribution in [0.2, 0.25) is 0 Å². The van der Waals surface area contributed by atoms with Gasteiger partial charge in [0, 0.05) is 65.7 Å². The van der Waals surface area contributed by atoms with Gasteiger partial charge in [-0.15, -0.1) is 0 Å². The Morgan fingerprint density at radius 2 is 0.264 bits per heavy atom. The standard InChI is InChI=1S/4C11H20O2.Nb/c4*1-10(2,3)8(12)7-9(13)11(4,5)6;/h4*7H2,1-6H3;. The SMILES string of the molecule is CC(C)(C)C(=O)CC(=O)C(C)(C)C.CC(C)(C)C(=O)CC(=O)C(C)(C)C.CC(C)(C)C(=O)CC(=O)C(C)(C)C.CC(C)(C)C(=O)CC(=O)C(C)(C)C.[Nb]. The molecule has 9 heteroatoms. The molecule has 0 spiro atoms. The summed E-state index contributed by atoms with van der Waals surface area (Å²) in [6.07, 6.45) is 0.250. The maximum Gasteiger partial charge on any atom is 0.145 e. The molecule has 309 valence electrons. The number of rotatable bonds is 8. The Morgan fingerprint density at radius 3 is 0.302 bits per heavy atom. The fourth-order valence-electron chi connectivity index (χ4n) is 2.70. The zero-order valence-electron chi connectivity index (χ0n) is 38.5. The number of Topliss-reactive ketones (excluding diaryl/α,β-unsaturated/α-hetero) is 8. The normalized spacial score (nSPS) is 12.5. The maximum absolute atomic E-state index is 11.5. The van der Waals surface area contributed by atoms with Gasteiger partial charge in [-0.3, -0.25) is 38.4 Å². The first kappa shape index (κ1) is 60.4. The van der Waals surface area contributed by atoms with Crippen molar-refractivity contribution in [1.82, 2.24) is 0 Å². The predicted molar refractivity (Wildman–Crippen MR) is 214 cm³/mol. The van der Waals surface area contributed by atoms with Crippen LogP contribution in [0, 0.1) is 43.3 Å². The Morgan fingerprint density at radius 1 is 0.208 bits per heavy atom. The molecule has 0 atom stereocenters. The monoisotopic (exact) mass is 829 g/mol. The van der Waals surface area contributed by atoms with Crippen LogP contribution < -0.4 is 0 Å². The van der Waals surface area contributed by atoms with E-state index >= 15 is 0 Å². The Bertz CT molecular complexity index is 964. The summed E-state index contributed by atoms with van der Waals surface area (Å²) in [5.74, 6) is 0.166.